The van der Waals surface area contributed by atoms with Crippen LogP contribution in [0.3, 0.4) is 0 Å². The summed E-state index contributed by atoms with van der Waals surface area (Å²) < 4.78 is 18.7. The predicted octanol–water partition coefficient (Wildman–Crippen LogP) is 4.12. The number of esters is 1. The minimum Gasteiger partial charge on any atom is -0.497 e. The van der Waals surface area contributed by atoms with Crippen molar-refractivity contribution >= 4 is 56.4 Å². The first kappa shape index (κ1) is 25.9. The number of amides is 2. The molecule has 9 nitrogen and oxygen atoms in total. The fraction of sp³-hybridized carbons (Fsp3) is 0.320. The maximum absolute atomic E-state index is 12.7. The molecule has 1 aliphatic heterocycles. The molecule has 2 aromatic carbocycles. The first-order valence-electron chi connectivity index (χ1n) is 11.2. The summed E-state index contributed by atoms with van der Waals surface area (Å²) in [5.74, 6) is 0.259. The molecule has 2 heterocycles. The Balaban J connectivity index is 1.49. The number of hydrazine groups is 1. The first-order chi connectivity index (χ1) is 17.2. The van der Waals surface area contributed by atoms with Crippen LogP contribution in [-0.4, -0.2) is 53.4 Å². The van der Waals surface area contributed by atoms with Crippen LogP contribution in [0.1, 0.15) is 33.9 Å². The molecule has 1 aliphatic rings. The molecule has 0 bridgehead atoms. The molecular formula is C25H26BrN3O6S. The van der Waals surface area contributed by atoms with E-state index in [1.807, 2.05) is 48.9 Å². The van der Waals surface area contributed by atoms with Crippen LogP contribution in [0.4, 0.5) is 0 Å². The third-order valence-electron chi connectivity index (χ3n) is 5.90. The van der Waals surface area contributed by atoms with Gasteiger partial charge in [0, 0.05) is 18.1 Å². The Morgan fingerprint density at radius 2 is 1.94 bits per heavy atom. The normalized spacial score (nSPS) is 15.3. The number of carbonyl (C=O) groups is 3. The number of hydrogen-bond acceptors (Lipinski definition) is 7. The second-order valence-electron chi connectivity index (χ2n) is 8.06. The summed E-state index contributed by atoms with van der Waals surface area (Å²) in [5, 5.41) is 1.64. The molecule has 0 aliphatic carbocycles. The molecule has 1 fully saturated rings. The van der Waals surface area contributed by atoms with E-state index in [1.165, 1.54) is 16.8 Å². The molecule has 0 saturated carbocycles. The fourth-order valence-electron chi connectivity index (χ4n) is 4.01. The smallest absolute Gasteiger partial charge is 0.340 e. The Labute approximate surface area is 221 Å². The third-order valence-corrected chi connectivity index (χ3v) is 7.73. The number of nitrogens with one attached hydrogen (secondary N) is 1. The van der Waals surface area contributed by atoms with Gasteiger partial charge in [0.2, 0.25) is 0 Å². The average Bonchev–Trinajstić information content (AvgIpc) is 3.34. The van der Waals surface area contributed by atoms with Crippen LogP contribution >= 0.6 is 27.7 Å². The van der Waals surface area contributed by atoms with E-state index in [-0.39, 0.29) is 30.2 Å². The lowest BCUT2D eigenvalue weighted by Crippen LogP contribution is -2.46. The lowest BCUT2D eigenvalue weighted by molar-refractivity contribution is -0.140. The largest absolute Gasteiger partial charge is 0.497 e. The standard InChI is InChI=1S/C25H26BrN3O6S/c1-5-34-25(32)23-14(2)28(3)19-11-18(26)20(10-17(19)23)35-12-21(30)27-29-22(31)13-36-24(29)15-6-8-16(33-4)9-7-15/h6-11,24H,5,12-13H2,1-4H3,(H,27,30)/t24-/m1/s1. The van der Waals surface area contributed by atoms with Gasteiger partial charge in [0.05, 0.1) is 35.0 Å². The summed E-state index contributed by atoms with van der Waals surface area (Å²) in [7, 11) is 3.45. The maximum atomic E-state index is 12.7. The van der Waals surface area contributed by atoms with Crippen molar-refractivity contribution in [1.82, 2.24) is 15.0 Å². The Hall–Kier alpha value is -3.18. The minimum absolute atomic E-state index is 0.199. The highest BCUT2D eigenvalue weighted by Gasteiger charge is 2.34. The zero-order valence-corrected chi connectivity index (χ0v) is 22.7. The van der Waals surface area contributed by atoms with Gasteiger partial charge in [-0.1, -0.05) is 12.1 Å². The minimum atomic E-state index is -0.480. The molecule has 1 aromatic heterocycles. The van der Waals surface area contributed by atoms with E-state index in [0.717, 1.165) is 16.8 Å². The summed E-state index contributed by atoms with van der Waals surface area (Å²) >= 11 is 4.91. The van der Waals surface area contributed by atoms with Crippen LogP contribution in [0.2, 0.25) is 0 Å². The SMILES string of the molecule is CCOC(=O)c1c(C)n(C)c2cc(Br)c(OCC(=O)NN3C(=O)CS[C@@H]3c3ccc(OC)cc3)cc12. The number of rotatable bonds is 8. The van der Waals surface area contributed by atoms with E-state index in [9.17, 15) is 14.4 Å². The number of methoxy groups -OCH3 is 1. The van der Waals surface area contributed by atoms with Gasteiger partial charge in [-0.3, -0.25) is 15.0 Å². The zero-order chi connectivity index (χ0) is 26.0. The van der Waals surface area contributed by atoms with Crippen molar-refractivity contribution in [3.8, 4) is 11.5 Å². The molecule has 1 N–H and O–H groups in total. The Morgan fingerprint density at radius 1 is 1.22 bits per heavy atom. The van der Waals surface area contributed by atoms with E-state index in [2.05, 4.69) is 21.4 Å². The maximum Gasteiger partial charge on any atom is 0.340 e. The average molecular weight is 576 g/mol. The van der Waals surface area contributed by atoms with E-state index in [4.69, 9.17) is 14.2 Å². The zero-order valence-electron chi connectivity index (χ0n) is 20.3. The summed E-state index contributed by atoms with van der Waals surface area (Å²) in [6.45, 7) is 3.54. The fourth-order valence-corrected chi connectivity index (χ4v) is 5.56. The summed E-state index contributed by atoms with van der Waals surface area (Å²) in [6.07, 6.45) is 0. The molecule has 3 aromatic rings. The highest BCUT2D eigenvalue weighted by atomic mass is 79.9. The molecule has 190 valence electrons. The molecule has 1 atom stereocenters. The third kappa shape index (κ3) is 5.03. The van der Waals surface area contributed by atoms with Crippen molar-refractivity contribution < 1.29 is 28.6 Å². The van der Waals surface area contributed by atoms with Crippen LogP contribution < -0.4 is 14.9 Å². The van der Waals surface area contributed by atoms with E-state index >= 15 is 0 Å². The van der Waals surface area contributed by atoms with Crippen LogP contribution in [0.5, 0.6) is 11.5 Å². The van der Waals surface area contributed by atoms with Crippen LogP contribution in [0.15, 0.2) is 40.9 Å². The topological polar surface area (TPSA) is 99.1 Å². The lowest BCUT2D eigenvalue weighted by atomic mass is 10.1. The number of fused-ring (bicyclic) bond motifs is 1. The molecule has 36 heavy (non-hydrogen) atoms. The summed E-state index contributed by atoms with van der Waals surface area (Å²) in [6, 6.07) is 10.9. The van der Waals surface area contributed by atoms with Gasteiger partial charge in [-0.25, -0.2) is 9.80 Å². The molecule has 1 saturated heterocycles. The molecule has 0 spiro atoms. The number of thioether (sulfide) groups is 1. The van der Waals surface area contributed by atoms with Crippen LogP contribution in [0, 0.1) is 6.92 Å². The highest BCUT2D eigenvalue weighted by Crippen LogP contribution is 2.38. The number of aromatic nitrogens is 1. The second-order valence-corrected chi connectivity index (χ2v) is 9.99. The molecule has 2 amide bonds. The molecule has 4 rings (SSSR count). The van der Waals surface area contributed by atoms with Gasteiger partial charge in [0.25, 0.3) is 11.8 Å². The second kappa shape index (κ2) is 10.8. The molecular weight excluding hydrogens is 550 g/mol. The van der Waals surface area contributed by atoms with E-state index in [1.54, 1.807) is 20.1 Å². The van der Waals surface area contributed by atoms with Gasteiger partial charge in [-0.05, 0) is 59.6 Å². The van der Waals surface area contributed by atoms with Crippen molar-refractivity contribution in [2.75, 3.05) is 26.1 Å². The van der Waals surface area contributed by atoms with Crippen LogP contribution in [0.25, 0.3) is 10.9 Å². The summed E-state index contributed by atoms with van der Waals surface area (Å²) in [4.78, 5) is 37.8. The van der Waals surface area contributed by atoms with Crippen molar-refractivity contribution in [2.24, 2.45) is 7.05 Å². The van der Waals surface area contributed by atoms with E-state index in [0.29, 0.717) is 26.9 Å². The first-order valence-corrected chi connectivity index (χ1v) is 13.0. The van der Waals surface area contributed by atoms with Gasteiger partial charge in [-0.15, -0.1) is 11.8 Å². The number of aryl methyl sites for hydroxylation is 1. The van der Waals surface area contributed by atoms with Gasteiger partial charge in [0.1, 0.15) is 16.9 Å². The number of carbonyl (C=O) groups excluding carboxylic acids is 3. The number of halogens is 1. The van der Waals surface area contributed by atoms with Crippen molar-refractivity contribution in [1.29, 1.82) is 0 Å². The number of nitrogens with zero attached hydrogens (tertiary/aromatic N) is 2. The number of ether oxygens (including phenoxy) is 3. The molecule has 0 unspecified atom stereocenters. The quantitative estimate of drug-likeness (QED) is 0.403. The predicted molar refractivity (Wildman–Crippen MR) is 140 cm³/mol. The highest BCUT2D eigenvalue weighted by molar-refractivity contribution is 9.10. The van der Waals surface area contributed by atoms with Gasteiger partial charge in [0.15, 0.2) is 6.61 Å². The number of benzene rings is 2. The molecule has 11 heteroatoms. The van der Waals surface area contributed by atoms with Crippen molar-refractivity contribution in [2.45, 2.75) is 19.2 Å². The van der Waals surface area contributed by atoms with Gasteiger partial charge >= 0.3 is 5.97 Å². The van der Waals surface area contributed by atoms with E-state index < -0.39 is 11.9 Å². The van der Waals surface area contributed by atoms with Gasteiger partial charge < -0.3 is 18.8 Å². The Kier molecular flexibility index (Phi) is 7.79. The monoisotopic (exact) mass is 575 g/mol. The Morgan fingerprint density at radius 3 is 2.61 bits per heavy atom. The van der Waals surface area contributed by atoms with Gasteiger partial charge in [-0.2, -0.15) is 0 Å². The lowest BCUT2D eigenvalue weighted by Gasteiger charge is -2.24. The summed E-state index contributed by atoms with van der Waals surface area (Å²) in [5.41, 5.74) is 5.58. The van der Waals surface area contributed by atoms with Crippen LogP contribution in [-0.2, 0) is 21.4 Å². The number of hydrogen-bond donors (Lipinski definition) is 1. The molecule has 0 radical (unpaired) electrons. The Bertz CT molecular complexity index is 1320. The van der Waals surface area contributed by atoms with Crippen molar-refractivity contribution in [3.63, 3.8) is 0 Å². The van der Waals surface area contributed by atoms with Crippen molar-refractivity contribution in [3.05, 3.63) is 57.7 Å².